The van der Waals surface area contributed by atoms with Crippen molar-refractivity contribution in [2.24, 2.45) is 5.16 Å². The van der Waals surface area contributed by atoms with Crippen LogP contribution in [0.5, 0.6) is 0 Å². The third kappa shape index (κ3) is 3.00. The minimum atomic E-state index is -0.236. The second-order valence-corrected chi connectivity index (χ2v) is 7.86. The average molecular weight is 345 g/mol. The highest BCUT2D eigenvalue weighted by atomic mass is 35.5. The zero-order valence-electron chi connectivity index (χ0n) is 11.8. The molecule has 0 aliphatic carbocycles. The Morgan fingerprint density at radius 2 is 2.10 bits per heavy atom. The molecule has 0 bridgehead atoms. The largest absolute Gasteiger partial charge is 0.389 e. The van der Waals surface area contributed by atoms with E-state index in [2.05, 4.69) is 10.3 Å². The van der Waals surface area contributed by atoms with Gasteiger partial charge in [-0.1, -0.05) is 45.3 Å². The second-order valence-electron chi connectivity index (χ2n) is 5.60. The number of fused-ring (bicyclic) bond motifs is 1. The summed E-state index contributed by atoms with van der Waals surface area (Å²) in [4.78, 5) is 5.38. The van der Waals surface area contributed by atoms with Crippen LogP contribution in [0.4, 0.5) is 0 Å². The molecule has 1 atom stereocenters. The molecule has 1 aliphatic rings. The summed E-state index contributed by atoms with van der Waals surface area (Å²) in [6.45, 7) is 6.07. The Labute approximate surface area is 136 Å². The maximum absolute atomic E-state index is 6.12. The van der Waals surface area contributed by atoms with Gasteiger partial charge >= 0.3 is 0 Å². The van der Waals surface area contributed by atoms with Crippen molar-refractivity contribution in [2.75, 3.05) is 0 Å². The van der Waals surface area contributed by atoms with Crippen molar-refractivity contribution in [3.8, 4) is 0 Å². The van der Waals surface area contributed by atoms with Crippen molar-refractivity contribution < 1.29 is 9.36 Å². The number of rotatable bonds is 2. The first-order chi connectivity index (χ1) is 9.85. The fourth-order valence-corrected chi connectivity index (χ4v) is 3.94. The third-order valence-electron chi connectivity index (χ3n) is 3.19. The molecule has 1 unspecified atom stereocenters. The molecule has 0 spiro atoms. The van der Waals surface area contributed by atoms with Crippen LogP contribution in [0.25, 0.3) is 11.0 Å². The van der Waals surface area contributed by atoms with E-state index in [9.17, 15) is 0 Å². The van der Waals surface area contributed by atoms with Crippen LogP contribution in [0.2, 0.25) is 10.0 Å². The van der Waals surface area contributed by atoms with E-state index in [1.165, 1.54) is 0 Å². The summed E-state index contributed by atoms with van der Waals surface area (Å²) >= 11 is 13.8. The molecule has 0 saturated carbocycles. The van der Waals surface area contributed by atoms with Crippen molar-refractivity contribution in [1.82, 2.24) is 5.16 Å². The zero-order chi connectivity index (χ0) is 15.2. The van der Waals surface area contributed by atoms with Crippen LogP contribution in [0.1, 0.15) is 38.1 Å². The molecule has 4 nitrogen and oxygen atoms in total. The zero-order valence-corrected chi connectivity index (χ0v) is 14.1. The van der Waals surface area contributed by atoms with Crippen LogP contribution in [0.3, 0.4) is 0 Å². The fraction of sp³-hybridized carbons (Fsp3) is 0.429. The number of halogens is 2. The highest BCUT2D eigenvalue weighted by Gasteiger charge is 2.31. The quantitative estimate of drug-likeness (QED) is 0.727. The van der Waals surface area contributed by atoms with Crippen molar-refractivity contribution in [3.63, 3.8) is 0 Å². The normalized spacial score (nSPS) is 18.6. The number of hydrogen-bond acceptors (Lipinski definition) is 5. The van der Waals surface area contributed by atoms with Crippen molar-refractivity contribution >= 4 is 51.0 Å². The predicted octanol–water partition coefficient (Wildman–Crippen LogP) is 5.44. The topological polar surface area (TPSA) is 47.6 Å². The van der Waals surface area contributed by atoms with Gasteiger partial charge in [0.1, 0.15) is 16.3 Å². The van der Waals surface area contributed by atoms with Crippen molar-refractivity contribution in [2.45, 2.75) is 38.0 Å². The second kappa shape index (κ2) is 5.38. The summed E-state index contributed by atoms with van der Waals surface area (Å²) in [5, 5.41) is 11.2. The summed E-state index contributed by atoms with van der Waals surface area (Å²) in [5.41, 5.74) is 1.14. The Kier molecular flexibility index (Phi) is 3.84. The van der Waals surface area contributed by atoms with Gasteiger partial charge in [0, 0.05) is 16.8 Å². The molecule has 0 fully saturated rings. The Bertz CT molecular complexity index is 727. The van der Waals surface area contributed by atoms with Gasteiger partial charge in [0.25, 0.3) is 0 Å². The van der Waals surface area contributed by atoms with Crippen LogP contribution in [-0.2, 0) is 4.84 Å². The molecule has 0 amide bonds. The summed E-state index contributed by atoms with van der Waals surface area (Å²) in [5.74, 6) is 0. The maximum atomic E-state index is 6.12. The lowest BCUT2D eigenvalue weighted by Crippen LogP contribution is -2.18. The van der Waals surface area contributed by atoms with Crippen molar-refractivity contribution in [1.29, 1.82) is 0 Å². The summed E-state index contributed by atoms with van der Waals surface area (Å²) < 4.78 is 5.34. The monoisotopic (exact) mass is 344 g/mol. The Balaban J connectivity index is 1.87. The van der Waals surface area contributed by atoms with Gasteiger partial charge in [-0.15, -0.1) is 0 Å². The van der Waals surface area contributed by atoms with Gasteiger partial charge in [-0.05, 0) is 32.9 Å². The first-order valence-corrected chi connectivity index (χ1v) is 8.15. The maximum Gasteiger partial charge on any atom is 0.185 e. The van der Waals surface area contributed by atoms with Crippen molar-refractivity contribution in [3.05, 3.63) is 27.9 Å². The molecule has 7 heteroatoms. The molecule has 0 N–H and O–H groups in total. The number of aromatic nitrogens is 1. The number of nitrogens with zero attached hydrogens (tertiary/aromatic N) is 2. The highest BCUT2D eigenvalue weighted by Crippen LogP contribution is 2.40. The molecule has 2 aromatic rings. The number of hydrogen-bond donors (Lipinski definition) is 0. The molecular formula is C14H14Cl2N2O2S. The van der Waals surface area contributed by atoms with Gasteiger partial charge < -0.3 is 9.36 Å². The van der Waals surface area contributed by atoms with Gasteiger partial charge in [-0.2, -0.15) is 0 Å². The van der Waals surface area contributed by atoms with E-state index in [4.69, 9.17) is 32.6 Å². The van der Waals surface area contributed by atoms with Gasteiger partial charge in [0.05, 0.1) is 10.3 Å². The van der Waals surface area contributed by atoms with Gasteiger partial charge in [0.2, 0.25) is 0 Å². The van der Waals surface area contributed by atoms with Gasteiger partial charge in [-0.3, -0.25) is 0 Å². The number of oxime groups is 1. The molecular weight excluding hydrogens is 331 g/mol. The smallest absolute Gasteiger partial charge is 0.185 e. The van der Waals surface area contributed by atoms with Crippen LogP contribution >= 0.6 is 35.0 Å². The van der Waals surface area contributed by atoms with Crippen LogP contribution in [-0.4, -0.2) is 15.8 Å². The Morgan fingerprint density at radius 3 is 2.76 bits per heavy atom. The molecule has 1 aliphatic heterocycles. The van der Waals surface area contributed by atoms with E-state index in [0.29, 0.717) is 15.6 Å². The van der Waals surface area contributed by atoms with E-state index in [-0.39, 0.29) is 10.9 Å². The molecule has 2 heterocycles. The van der Waals surface area contributed by atoms with Crippen LogP contribution in [0.15, 0.2) is 21.8 Å². The molecule has 1 aromatic carbocycles. The third-order valence-corrected chi connectivity index (χ3v) is 4.76. The minimum absolute atomic E-state index is 0.0667. The Hall–Kier alpha value is -0.910. The SMILES string of the molecule is CC(SC1=NOC(C)(C)C1)c1noc2c(Cl)cc(Cl)cc12. The highest BCUT2D eigenvalue weighted by molar-refractivity contribution is 8.14. The van der Waals surface area contributed by atoms with E-state index < -0.39 is 0 Å². The molecule has 112 valence electrons. The number of benzene rings is 1. The minimum Gasteiger partial charge on any atom is -0.389 e. The lowest BCUT2D eigenvalue weighted by atomic mass is 10.1. The number of thioether (sulfide) groups is 1. The summed E-state index contributed by atoms with van der Waals surface area (Å²) in [6, 6.07) is 3.47. The molecule has 1 aromatic heterocycles. The standard InChI is InChI=1S/C14H14Cl2N2O2S/c1-7(21-11-6-14(2,3)20-17-11)12-9-4-8(15)5-10(16)13(9)19-18-12/h4-5,7H,6H2,1-3H3. The first kappa shape index (κ1) is 15.0. The molecule has 0 radical (unpaired) electrons. The van der Waals surface area contributed by atoms with E-state index in [1.807, 2.05) is 26.8 Å². The van der Waals surface area contributed by atoms with Crippen LogP contribution in [0, 0.1) is 0 Å². The van der Waals surface area contributed by atoms with Crippen LogP contribution < -0.4 is 0 Å². The summed E-state index contributed by atoms with van der Waals surface area (Å²) in [6.07, 6.45) is 0.791. The molecule has 21 heavy (non-hydrogen) atoms. The lowest BCUT2D eigenvalue weighted by Gasteiger charge is -2.13. The van der Waals surface area contributed by atoms with E-state index in [0.717, 1.165) is 22.5 Å². The summed E-state index contributed by atoms with van der Waals surface area (Å²) in [7, 11) is 0. The van der Waals surface area contributed by atoms with E-state index >= 15 is 0 Å². The first-order valence-electron chi connectivity index (χ1n) is 6.52. The molecule has 0 saturated heterocycles. The Morgan fingerprint density at radius 1 is 1.33 bits per heavy atom. The van der Waals surface area contributed by atoms with E-state index in [1.54, 1.807) is 17.8 Å². The fourth-order valence-electron chi connectivity index (χ4n) is 2.21. The van der Waals surface area contributed by atoms with Gasteiger partial charge in [-0.25, -0.2) is 0 Å². The predicted molar refractivity (Wildman–Crippen MR) is 87.3 cm³/mol. The average Bonchev–Trinajstić information content (AvgIpc) is 2.92. The van der Waals surface area contributed by atoms with Gasteiger partial charge in [0.15, 0.2) is 5.58 Å². The lowest BCUT2D eigenvalue weighted by molar-refractivity contribution is 0.0123. The molecule has 3 rings (SSSR count).